The number of aromatic hydroxyl groups is 1. The lowest BCUT2D eigenvalue weighted by atomic mass is 10.0. The predicted molar refractivity (Wildman–Crippen MR) is 43.7 cm³/mol. The summed E-state index contributed by atoms with van der Waals surface area (Å²) >= 11 is 0. The molecule has 0 aliphatic rings. The van der Waals surface area contributed by atoms with Crippen LogP contribution in [0.25, 0.3) is 0 Å². The average molecular weight is 206 g/mol. The van der Waals surface area contributed by atoms with Crippen LogP contribution in [0.3, 0.4) is 0 Å². The molecule has 2 nitrogen and oxygen atoms in total. The van der Waals surface area contributed by atoms with E-state index in [1.54, 1.807) is 0 Å². The van der Waals surface area contributed by atoms with E-state index in [9.17, 15) is 13.2 Å². The minimum absolute atomic E-state index is 0.561. The van der Waals surface area contributed by atoms with E-state index in [-0.39, 0.29) is 0 Å². The molecule has 0 aliphatic carbocycles. The van der Waals surface area contributed by atoms with Crippen LogP contribution in [0, 0.1) is 5.82 Å². The van der Waals surface area contributed by atoms with Crippen molar-refractivity contribution < 1.29 is 23.4 Å². The number of aliphatic hydroxyl groups is 1. The number of alkyl halides is 2. The molecule has 1 aromatic carbocycles. The molecule has 0 radical (unpaired) electrons. The van der Waals surface area contributed by atoms with Crippen molar-refractivity contribution in [3.05, 3.63) is 29.6 Å². The fourth-order valence-electron chi connectivity index (χ4n) is 1.08. The van der Waals surface area contributed by atoms with Crippen LogP contribution in [-0.4, -0.2) is 16.8 Å². The molecule has 2 N–H and O–H groups in total. The van der Waals surface area contributed by atoms with Crippen molar-refractivity contribution in [2.45, 2.75) is 12.3 Å². The second-order valence-electron chi connectivity index (χ2n) is 2.84. The summed E-state index contributed by atoms with van der Waals surface area (Å²) in [5.74, 6) is -4.94. The molecule has 0 heterocycles. The highest BCUT2D eigenvalue weighted by molar-refractivity contribution is 5.35. The Morgan fingerprint density at radius 2 is 1.93 bits per heavy atom. The molecular weight excluding hydrogens is 197 g/mol. The Bertz CT molecular complexity index is 326. The summed E-state index contributed by atoms with van der Waals surface area (Å²) in [7, 11) is 0. The SMILES string of the molecule is OCCC(F)(F)c1cc(F)ccc1O. The minimum Gasteiger partial charge on any atom is -0.507 e. The van der Waals surface area contributed by atoms with Crippen LogP contribution >= 0.6 is 0 Å². The molecule has 0 unspecified atom stereocenters. The van der Waals surface area contributed by atoms with Gasteiger partial charge in [0.05, 0.1) is 5.56 Å². The van der Waals surface area contributed by atoms with Gasteiger partial charge in [-0.05, 0) is 18.2 Å². The fraction of sp³-hybridized carbons (Fsp3) is 0.333. The van der Waals surface area contributed by atoms with Gasteiger partial charge >= 0.3 is 0 Å². The lowest BCUT2D eigenvalue weighted by Crippen LogP contribution is -2.15. The van der Waals surface area contributed by atoms with Gasteiger partial charge in [-0.2, -0.15) is 0 Å². The number of rotatable bonds is 3. The average Bonchev–Trinajstić information content (AvgIpc) is 2.09. The Morgan fingerprint density at radius 3 is 2.50 bits per heavy atom. The number of hydrogen-bond donors (Lipinski definition) is 2. The van der Waals surface area contributed by atoms with Crippen LogP contribution in [0.5, 0.6) is 5.75 Å². The molecule has 5 heteroatoms. The largest absolute Gasteiger partial charge is 0.507 e. The second-order valence-corrected chi connectivity index (χ2v) is 2.84. The van der Waals surface area contributed by atoms with E-state index in [0.29, 0.717) is 6.07 Å². The van der Waals surface area contributed by atoms with E-state index in [1.807, 2.05) is 0 Å². The van der Waals surface area contributed by atoms with Gasteiger partial charge in [-0.1, -0.05) is 0 Å². The van der Waals surface area contributed by atoms with Crippen molar-refractivity contribution in [3.8, 4) is 5.75 Å². The predicted octanol–water partition coefficient (Wildman–Crippen LogP) is 2.01. The van der Waals surface area contributed by atoms with E-state index in [4.69, 9.17) is 10.2 Å². The van der Waals surface area contributed by atoms with E-state index in [1.165, 1.54) is 0 Å². The molecule has 1 aromatic rings. The van der Waals surface area contributed by atoms with Gasteiger partial charge in [-0.3, -0.25) is 0 Å². The molecule has 0 saturated carbocycles. The van der Waals surface area contributed by atoms with Gasteiger partial charge in [0, 0.05) is 13.0 Å². The highest BCUT2D eigenvalue weighted by Crippen LogP contribution is 2.37. The standard InChI is InChI=1S/C9H9F3O2/c10-6-1-2-8(14)7(5-6)9(11,12)3-4-13/h1-2,5,13-14H,3-4H2. The van der Waals surface area contributed by atoms with Crippen molar-refractivity contribution in [1.82, 2.24) is 0 Å². The lowest BCUT2D eigenvalue weighted by molar-refractivity contribution is -0.0289. The van der Waals surface area contributed by atoms with Gasteiger partial charge in [-0.25, -0.2) is 13.2 Å². The maximum Gasteiger partial charge on any atom is 0.279 e. The lowest BCUT2D eigenvalue weighted by Gasteiger charge is -2.16. The van der Waals surface area contributed by atoms with Gasteiger partial charge in [0.2, 0.25) is 0 Å². The molecule has 0 aromatic heterocycles. The van der Waals surface area contributed by atoms with Crippen LogP contribution in [0.15, 0.2) is 18.2 Å². The first kappa shape index (κ1) is 10.8. The van der Waals surface area contributed by atoms with Crippen LogP contribution < -0.4 is 0 Å². The fourth-order valence-corrected chi connectivity index (χ4v) is 1.08. The molecule has 78 valence electrons. The van der Waals surface area contributed by atoms with Crippen molar-refractivity contribution in [2.24, 2.45) is 0 Å². The Morgan fingerprint density at radius 1 is 1.29 bits per heavy atom. The highest BCUT2D eigenvalue weighted by atomic mass is 19.3. The first-order valence-corrected chi connectivity index (χ1v) is 3.95. The summed E-state index contributed by atoms with van der Waals surface area (Å²) in [6, 6.07) is 2.30. The molecule has 0 aliphatic heterocycles. The van der Waals surface area contributed by atoms with Crippen molar-refractivity contribution >= 4 is 0 Å². The summed E-state index contributed by atoms with van der Waals surface area (Å²) in [5.41, 5.74) is -0.799. The van der Waals surface area contributed by atoms with Gasteiger partial charge < -0.3 is 10.2 Å². The van der Waals surface area contributed by atoms with Crippen LogP contribution in [-0.2, 0) is 5.92 Å². The van der Waals surface area contributed by atoms with Gasteiger partial charge in [0.1, 0.15) is 11.6 Å². The molecule has 0 saturated heterocycles. The van der Waals surface area contributed by atoms with Crippen LogP contribution in [0.1, 0.15) is 12.0 Å². The molecule has 0 bridgehead atoms. The molecule has 0 spiro atoms. The smallest absolute Gasteiger partial charge is 0.279 e. The third-order valence-electron chi connectivity index (χ3n) is 1.78. The van der Waals surface area contributed by atoms with Gasteiger partial charge in [-0.15, -0.1) is 0 Å². The van der Waals surface area contributed by atoms with Gasteiger partial charge in [0.25, 0.3) is 5.92 Å². The van der Waals surface area contributed by atoms with E-state index in [2.05, 4.69) is 0 Å². The number of aliphatic hydroxyl groups excluding tert-OH is 1. The van der Waals surface area contributed by atoms with Crippen molar-refractivity contribution in [3.63, 3.8) is 0 Å². The zero-order valence-electron chi connectivity index (χ0n) is 7.17. The Kier molecular flexibility index (Phi) is 3.00. The number of phenols is 1. The monoisotopic (exact) mass is 206 g/mol. The second kappa shape index (κ2) is 3.88. The molecule has 0 amide bonds. The number of phenolic OH excluding ortho intramolecular Hbond substituents is 1. The summed E-state index contributed by atoms with van der Waals surface area (Å²) in [6.07, 6.45) is -0.843. The first-order chi connectivity index (χ1) is 6.47. The van der Waals surface area contributed by atoms with Crippen molar-refractivity contribution in [2.75, 3.05) is 6.61 Å². The van der Waals surface area contributed by atoms with E-state index < -0.39 is 36.1 Å². The normalized spacial score (nSPS) is 11.7. The van der Waals surface area contributed by atoms with E-state index in [0.717, 1.165) is 12.1 Å². The molecule has 14 heavy (non-hydrogen) atoms. The van der Waals surface area contributed by atoms with Crippen molar-refractivity contribution in [1.29, 1.82) is 0 Å². The topological polar surface area (TPSA) is 40.5 Å². The van der Waals surface area contributed by atoms with Gasteiger partial charge in [0.15, 0.2) is 0 Å². The third-order valence-corrected chi connectivity index (χ3v) is 1.78. The molecular formula is C9H9F3O2. The number of hydrogen-bond acceptors (Lipinski definition) is 2. The molecule has 0 fully saturated rings. The zero-order valence-corrected chi connectivity index (χ0v) is 7.17. The Balaban J connectivity index is 3.10. The number of halogens is 3. The molecule has 0 atom stereocenters. The minimum atomic E-state index is -3.42. The summed E-state index contributed by atoms with van der Waals surface area (Å²) in [4.78, 5) is 0. The number of benzene rings is 1. The third kappa shape index (κ3) is 2.17. The van der Waals surface area contributed by atoms with Crippen LogP contribution in [0.2, 0.25) is 0 Å². The molecule has 1 rings (SSSR count). The highest BCUT2D eigenvalue weighted by Gasteiger charge is 2.33. The quantitative estimate of drug-likeness (QED) is 0.794. The first-order valence-electron chi connectivity index (χ1n) is 3.95. The Labute approximate surface area is 78.6 Å². The Hall–Kier alpha value is -1.23. The maximum absolute atomic E-state index is 13.1. The summed E-state index contributed by atoms with van der Waals surface area (Å²) in [5, 5.41) is 17.4. The summed E-state index contributed by atoms with van der Waals surface area (Å²) < 4.78 is 38.8. The maximum atomic E-state index is 13.1. The van der Waals surface area contributed by atoms with E-state index >= 15 is 0 Å². The summed E-state index contributed by atoms with van der Waals surface area (Å²) in [6.45, 7) is -0.733. The van der Waals surface area contributed by atoms with Crippen LogP contribution in [0.4, 0.5) is 13.2 Å². The zero-order chi connectivity index (χ0) is 10.8.